The Balaban J connectivity index is 2.07. The van der Waals surface area contributed by atoms with E-state index >= 15 is 0 Å². The lowest BCUT2D eigenvalue weighted by Gasteiger charge is -2.18. The van der Waals surface area contributed by atoms with Gasteiger partial charge in [0, 0.05) is 19.0 Å². The van der Waals surface area contributed by atoms with Crippen LogP contribution in [0.1, 0.15) is 12.6 Å². The Morgan fingerprint density at radius 2 is 2.29 bits per heavy atom. The first-order chi connectivity index (χ1) is 8.29. The summed E-state index contributed by atoms with van der Waals surface area (Å²) in [6.45, 7) is 3.79. The molecule has 2 rings (SSSR count). The largest absolute Gasteiger partial charge is 0.384 e. The van der Waals surface area contributed by atoms with Gasteiger partial charge in [0.25, 0.3) is 0 Å². The van der Waals surface area contributed by atoms with Crippen LogP contribution in [-0.2, 0) is 6.54 Å². The van der Waals surface area contributed by atoms with Crippen molar-refractivity contribution in [2.75, 3.05) is 23.8 Å². The van der Waals surface area contributed by atoms with Crippen LogP contribution in [0.15, 0.2) is 29.4 Å². The normalized spacial score (nSPS) is 10.2. The molecule has 2 aromatic rings. The molecular weight excluding hydrogens is 232 g/mol. The van der Waals surface area contributed by atoms with Crippen molar-refractivity contribution in [1.82, 2.24) is 9.97 Å². The summed E-state index contributed by atoms with van der Waals surface area (Å²) in [7, 11) is 2.05. The molecule has 0 bridgehead atoms. The summed E-state index contributed by atoms with van der Waals surface area (Å²) in [6.07, 6.45) is 3.71. The molecule has 0 aromatic carbocycles. The Morgan fingerprint density at radius 3 is 3.00 bits per heavy atom. The highest BCUT2D eigenvalue weighted by Crippen LogP contribution is 2.18. The van der Waals surface area contributed by atoms with E-state index in [1.165, 1.54) is 0 Å². The van der Waals surface area contributed by atoms with Crippen molar-refractivity contribution in [1.29, 1.82) is 0 Å². The summed E-state index contributed by atoms with van der Waals surface area (Å²) >= 11 is 1.62. The summed E-state index contributed by atoms with van der Waals surface area (Å²) in [5.41, 5.74) is 5.09. The SMILES string of the molecule is CCNc1cncc(N(C)Cc2cscn2)c1. The van der Waals surface area contributed by atoms with Gasteiger partial charge in [-0.1, -0.05) is 0 Å². The Labute approximate surface area is 105 Å². The minimum atomic E-state index is 0.806. The van der Waals surface area contributed by atoms with Gasteiger partial charge < -0.3 is 10.2 Å². The maximum atomic E-state index is 4.28. The summed E-state index contributed by atoms with van der Waals surface area (Å²) in [5, 5.41) is 5.33. The van der Waals surface area contributed by atoms with Crippen molar-refractivity contribution in [2.24, 2.45) is 0 Å². The highest BCUT2D eigenvalue weighted by Gasteiger charge is 2.04. The van der Waals surface area contributed by atoms with Crippen LogP contribution in [0, 0.1) is 0 Å². The second kappa shape index (κ2) is 5.63. The molecule has 0 spiro atoms. The third-order valence-electron chi connectivity index (χ3n) is 2.43. The highest BCUT2D eigenvalue weighted by molar-refractivity contribution is 7.07. The fraction of sp³-hybridized carbons (Fsp3) is 0.333. The molecule has 0 unspecified atom stereocenters. The lowest BCUT2D eigenvalue weighted by Crippen LogP contribution is -2.17. The van der Waals surface area contributed by atoms with Crippen molar-refractivity contribution >= 4 is 22.7 Å². The first-order valence-corrected chi connectivity index (χ1v) is 6.51. The third kappa shape index (κ3) is 3.17. The number of hydrogen-bond acceptors (Lipinski definition) is 5. The Morgan fingerprint density at radius 1 is 1.41 bits per heavy atom. The number of thiazole rings is 1. The second-order valence-corrected chi connectivity index (χ2v) is 4.52. The third-order valence-corrected chi connectivity index (χ3v) is 3.06. The standard InChI is InChI=1S/C12H16N4S/c1-3-14-10-4-12(6-13-5-10)16(2)7-11-8-17-9-15-11/h4-6,8-9,14H,3,7H2,1-2H3. The molecule has 0 radical (unpaired) electrons. The van der Waals surface area contributed by atoms with E-state index < -0.39 is 0 Å². The van der Waals surface area contributed by atoms with Crippen LogP contribution in [0.4, 0.5) is 11.4 Å². The fourth-order valence-corrected chi connectivity index (χ4v) is 2.14. The molecule has 4 nitrogen and oxygen atoms in total. The van der Waals surface area contributed by atoms with Gasteiger partial charge in [-0.15, -0.1) is 11.3 Å². The Kier molecular flexibility index (Phi) is 3.93. The molecule has 2 heterocycles. The number of hydrogen-bond donors (Lipinski definition) is 1. The zero-order chi connectivity index (χ0) is 12.1. The zero-order valence-electron chi connectivity index (χ0n) is 10.1. The fourth-order valence-electron chi connectivity index (χ4n) is 1.59. The maximum absolute atomic E-state index is 4.28. The Hall–Kier alpha value is -1.62. The van der Waals surface area contributed by atoms with Crippen molar-refractivity contribution in [2.45, 2.75) is 13.5 Å². The quantitative estimate of drug-likeness (QED) is 0.883. The molecule has 0 amide bonds. The summed E-state index contributed by atoms with van der Waals surface area (Å²) in [4.78, 5) is 10.7. The average Bonchev–Trinajstić information content (AvgIpc) is 2.83. The van der Waals surface area contributed by atoms with E-state index in [1.54, 1.807) is 11.3 Å². The first-order valence-electron chi connectivity index (χ1n) is 5.56. The van der Waals surface area contributed by atoms with E-state index in [2.05, 4.69) is 38.6 Å². The van der Waals surface area contributed by atoms with E-state index in [4.69, 9.17) is 0 Å². The molecule has 1 N–H and O–H groups in total. The van der Waals surface area contributed by atoms with Crippen molar-refractivity contribution in [3.63, 3.8) is 0 Å². The highest BCUT2D eigenvalue weighted by atomic mass is 32.1. The first kappa shape index (κ1) is 11.9. The average molecular weight is 248 g/mol. The molecule has 90 valence electrons. The maximum Gasteiger partial charge on any atom is 0.0795 e. The lowest BCUT2D eigenvalue weighted by molar-refractivity contribution is 0.891. The topological polar surface area (TPSA) is 41.1 Å². The Bertz CT molecular complexity index is 455. The van der Waals surface area contributed by atoms with Gasteiger partial charge in [0.05, 0.1) is 41.5 Å². The van der Waals surface area contributed by atoms with E-state index in [1.807, 2.05) is 25.0 Å². The van der Waals surface area contributed by atoms with Crippen molar-refractivity contribution in [3.8, 4) is 0 Å². The molecule has 0 saturated heterocycles. The van der Waals surface area contributed by atoms with Crippen LogP contribution >= 0.6 is 11.3 Å². The molecular formula is C12H16N4S. The molecule has 5 heteroatoms. The van der Waals surface area contributed by atoms with E-state index in [9.17, 15) is 0 Å². The number of pyridine rings is 1. The minimum Gasteiger partial charge on any atom is -0.384 e. The zero-order valence-corrected chi connectivity index (χ0v) is 10.9. The van der Waals surface area contributed by atoms with Crippen LogP contribution in [0.5, 0.6) is 0 Å². The van der Waals surface area contributed by atoms with Gasteiger partial charge in [-0.2, -0.15) is 0 Å². The van der Waals surface area contributed by atoms with Crippen LogP contribution in [0.25, 0.3) is 0 Å². The van der Waals surface area contributed by atoms with Gasteiger partial charge in [-0.25, -0.2) is 4.98 Å². The van der Waals surface area contributed by atoms with Gasteiger partial charge in [-0.3, -0.25) is 4.98 Å². The molecule has 0 aliphatic carbocycles. The summed E-state index contributed by atoms with van der Waals surface area (Å²) < 4.78 is 0. The van der Waals surface area contributed by atoms with Gasteiger partial charge in [0.15, 0.2) is 0 Å². The summed E-state index contributed by atoms with van der Waals surface area (Å²) in [6, 6.07) is 2.10. The van der Waals surface area contributed by atoms with Crippen LogP contribution in [-0.4, -0.2) is 23.6 Å². The predicted molar refractivity (Wildman–Crippen MR) is 72.6 cm³/mol. The number of nitrogens with one attached hydrogen (secondary N) is 1. The molecule has 0 fully saturated rings. The second-order valence-electron chi connectivity index (χ2n) is 3.80. The lowest BCUT2D eigenvalue weighted by atomic mass is 10.3. The molecule has 0 atom stereocenters. The molecule has 17 heavy (non-hydrogen) atoms. The van der Waals surface area contributed by atoms with Crippen LogP contribution in [0.2, 0.25) is 0 Å². The van der Waals surface area contributed by atoms with E-state index in [0.29, 0.717) is 0 Å². The molecule has 0 aliphatic rings. The number of aromatic nitrogens is 2. The van der Waals surface area contributed by atoms with Crippen molar-refractivity contribution < 1.29 is 0 Å². The summed E-state index contributed by atoms with van der Waals surface area (Å²) in [5.74, 6) is 0. The minimum absolute atomic E-state index is 0.806. The number of anilines is 2. The van der Waals surface area contributed by atoms with Gasteiger partial charge in [0.1, 0.15) is 0 Å². The monoisotopic (exact) mass is 248 g/mol. The van der Waals surface area contributed by atoms with Crippen LogP contribution < -0.4 is 10.2 Å². The van der Waals surface area contributed by atoms with E-state index in [0.717, 1.165) is 30.2 Å². The van der Waals surface area contributed by atoms with Gasteiger partial charge in [-0.05, 0) is 13.0 Å². The molecule has 0 aliphatic heterocycles. The predicted octanol–water partition coefficient (Wildman–Crippen LogP) is 2.61. The van der Waals surface area contributed by atoms with Crippen LogP contribution in [0.3, 0.4) is 0 Å². The number of rotatable bonds is 5. The molecule has 2 aromatic heterocycles. The number of nitrogens with zero attached hydrogens (tertiary/aromatic N) is 3. The van der Waals surface area contributed by atoms with Crippen molar-refractivity contribution in [3.05, 3.63) is 35.0 Å². The van der Waals surface area contributed by atoms with Gasteiger partial charge >= 0.3 is 0 Å². The smallest absolute Gasteiger partial charge is 0.0795 e. The van der Waals surface area contributed by atoms with Gasteiger partial charge in [0.2, 0.25) is 0 Å². The van der Waals surface area contributed by atoms with E-state index in [-0.39, 0.29) is 0 Å². The molecule has 0 saturated carbocycles.